The summed E-state index contributed by atoms with van der Waals surface area (Å²) in [6.45, 7) is 6.06. The number of hydrogen-bond donors (Lipinski definition) is 0. The highest BCUT2D eigenvalue weighted by Gasteiger charge is 2.48. The maximum Gasteiger partial charge on any atom is 0.303 e. The molecule has 0 aromatic heterocycles. The summed E-state index contributed by atoms with van der Waals surface area (Å²) < 4.78 is 16.4. The van der Waals surface area contributed by atoms with Gasteiger partial charge in [-0.25, -0.2) is 0 Å². The fourth-order valence-electron chi connectivity index (χ4n) is 3.00. The van der Waals surface area contributed by atoms with E-state index in [-0.39, 0.29) is 18.2 Å². The van der Waals surface area contributed by atoms with Crippen LogP contribution < -0.4 is 0 Å². The van der Waals surface area contributed by atoms with E-state index >= 15 is 0 Å². The van der Waals surface area contributed by atoms with Crippen LogP contribution in [0.1, 0.15) is 33.6 Å². The number of hydrogen-bond acceptors (Lipinski definition) is 4. The molecule has 0 saturated heterocycles. The van der Waals surface area contributed by atoms with Crippen LogP contribution in [0.3, 0.4) is 0 Å². The Hall–Kier alpha value is -0.870. The highest BCUT2D eigenvalue weighted by molar-refractivity contribution is 5.66. The maximum atomic E-state index is 11.2. The SMILES string of the molecule is CO[C@@H]1OC[C@H]2C(=C1C)CC[C@]2(C)OC(C)=O. The Balaban J connectivity index is 2.25. The van der Waals surface area contributed by atoms with Crippen molar-refractivity contribution in [1.82, 2.24) is 0 Å². The van der Waals surface area contributed by atoms with Crippen LogP contribution in [0.5, 0.6) is 0 Å². The van der Waals surface area contributed by atoms with E-state index in [4.69, 9.17) is 14.2 Å². The molecule has 4 heteroatoms. The summed E-state index contributed by atoms with van der Waals surface area (Å²) in [7, 11) is 1.65. The lowest BCUT2D eigenvalue weighted by atomic mass is 9.87. The van der Waals surface area contributed by atoms with E-state index in [0.29, 0.717) is 6.61 Å². The first kappa shape index (κ1) is 12.6. The lowest BCUT2D eigenvalue weighted by Gasteiger charge is -2.36. The molecular formula is C13H20O4. The van der Waals surface area contributed by atoms with Crippen LogP contribution in [-0.4, -0.2) is 31.6 Å². The second-order valence-corrected chi connectivity index (χ2v) is 5.07. The van der Waals surface area contributed by atoms with Crippen LogP contribution in [0.15, 0.2) is 11.1 Å². The van der Waals surface area contributed by atoms with Gasteiger partial charge in [0.2, 0.25) is 0 Å². The molecule has 4 nitrogen and oxygen atoms in total. The Morgan fingerprint density at radius 2 is 2.24 bits per heavy atom. The molecule has 17 heavy (non-hydrogen) atoms. The van der Waals surface area contributed by atoms with Crippen molar-refractivity contribution >= 4 is 5.97 Å². The number of carbonyl (C=O) groups is 1. The first-order chi connectivity index (χ1) is 7.98. The van der Waals surface area contributed by atoms with Gasteiger partial charge in [0.05, 0.1) is 6.61 Å². The van der Waals surface area contributed by atoms with Crippen molar-refractivity contribution in [2.24, 2.45) is 5.92 Å². The molecule has 0 radical (unpaired) electrons. The van der Waals surface area contributed by atoms with E-state index in [1.807, 2.05) is 13.8 Å². The Bertz CT molecular complexity index is 360. The third kappa shape index (κ3) is 2.11. The minimum absolute atomic E-state index is 0.179. The summed E-state index contributed by atoms with van der Waals surface area (Å²) in [5, 5.41) is 0. The summed E-state index contributed by atoms with van der Waals surface area (Å²) in [6.07, 6.45) is 1.59. The average Bonchev–Trinajstić information content (AvgIpc) is 2.57. The van der Waals surface area contributed by atoms with Crippen molar-refractivity contribution in [2.45, 2.75) is 45.5 Å². The molecule has 3 atom stereocenters. The van der Waals surface area contributed by atoms with E-state index in [2.05, 4.69) is 0 Å². The predicted molar refractivity (Wildman–Crippen MR) is 62.3 cm³/mol. The second-order valence-electron chi connectivity index (χ2n) is 5.07. The molecule has 0 spiro atoms. The lowest BCUT2D eigenvalue weighted by molar-refractivity contribution is -0.167. The zero-order valence-electron chi connectivity index (χ0n) is 10.9. The largest absolute Gasteiger partial charge is 0.459 e. The van der Waals surface area contributed by atoms with Crippen molar-refractivity contribution in [3.8, 4) is 0 Å². The zero-order chi connectivity index (χ0) is 12.6. The predicted octanol–water partition coefficient (Wildman–Crippen LogP) is 2.04. The molecule has 1 aliphatic carbocycles. The second kappa shape index (κ2) is 4.42. The number of carbonyl (C=O) groups excluding carboxylic acids is 1. The Morgan fingerprint density at radius 3 is 2.82 bits per heavy atom. The van der Waals surface area contributed by atoms with Crippen molar-refractivity contribution in [1.29, 1.82) is 0 Å². The molecule has 0 N–H and O–H groups in total. The molecule has 0 bridgehead atoms. The quantitative estimate of drug-likeness (QED) is 0.547. The first-order valence-corrected chi connectivity index (χ1v) is 6.01. The molecule has 1 heterocycles. The zero-order valence-corrected chi connectivity index (χ0v) is 10.9. The van der Waals surface area contributed by atoms with Gasteiger partial charge in [-0.1, -0.05) is 5.57 Å². The van der Waals surface area contributed by atoms with Gasteiger partial charge in [0.1, 0.15) is 5.60 Å². The number of esters is 1. The smallest absolute Gasteiger partial charge is 0.303 e. The van der Waals surface area contributed by atoms with Crippen LogP contribution in [0, 0.1) is 5.92 Å². The van der Waals surface area contributed by atoms with Gasteiger partial charge < -0.3 is 14.2 Å². The number of methoxy groups -OCH3 is 1. The summed E-state index contributed by atoms with van der Waals surface area (Å²) in [5.74, 6) is -0.0435. The summed E-state index contributed by atoms with van der Waals surface area (Å²) >= 11 is 0. The minimum atomic E-state index is -0.416. The highest BCUT2D eigenvalue weighted by Crippen LogP contribution is 2.46. The molecule has 2 aliphatic rings. The van der Waals surface area contributed by atoms with Crippen LogP contribution in [0.2, 0.25) is 0 Å². The molecule has 1 fully saturated rings. The number of rotatable bonds is 2. The first-order valence-electron chi connectivity index (χ1n) is 6.01. The van der Waals surface area contributed by atoms with Gasteiger partial charge in [-0.2, -0.15) is 0 Å². The van der Waals surface area contributed by atoms with E-state index in [1.54, 1.807) is 7.11 Å². The molecule has 0 amide bonds. The highest BCUT2D eigenvalue weighted by atomic mass is 16.7. The van der Waals surface area contributed by atoms with Gasteiger partial charge in [0, 0.05) is 20.0 Å². The van der Waals surface area contributed by atoms with Crippen LogP contribution in [-0.2, 0) is 19.0 Å². The van der Waals surface area contributed by atoms with E-state index < -0.39 is 5.60 Å². The lowest BCUT2D eigenvalue weighted by Crippen LogP contribution is -2.41. The molecule has 0 unspecified atom stereocenters. The number of fused-ring (bicyclic) bond motifs is 1. The summed E-state index contributed by atoms with van der Waals surface area (Å²) in [6, 6.07) is 0. The number of ether oxygens (including phenoxy) is 3. The fourth-order valence-corrected chi connectivity index (χ4v) is 3.00. The molecule has 0 aromatic carbocycles. The van der Waals surface area contributed by atoms with Gasteiger partial charge in [-0.3, -0.25) is 4.79 Å². The topological polar surface area (TPSA) is 44.8 Å². The van der Waals surface area contributed by atoms with E-state index in [9.17, 15) is 4.79 Å². The van der Waals surface area contributed by atoms with Crippen molar-refractivity contribution in [2.75, 3.05) is 13.7 Å². The standard InChI is InChI=1S/C13H20O4/c1-8-10-5-6-13(3,17-9(2)14)11(10)7-16-12(8)15-4/h11-12H,5-7H2,1-4H3/t11-,12+,13-/m0/s1. The molecular weight excluding hydrogens is 220 g/mol. The maximum absolute atomic E-state index is 11.2. The van der Waals surface area contributed by atoms with Gasteiger partial charge in [0.15, 0.2) is 6.29 Å². The van der Waals surface area contributed by atoms with Gasteiger partial charge in [-0.05, 0) is 32.3 Å². The Labute approximate surface area is 102 Å². The van der Waals surface area contributed by atoms with E-state index in [1.165, 1.54) is 12.5 Å². The monoisotopic (exact) mass is 240 g/mol. The molecule has 1 saturated carbocycles. The average molecular weight is 240 g/mol. The fraction of sp³-hybridized carbons (Fsp3) is 0.769. The molecule has 1 aliphatic heterocycles. The van der Waals surface area contributed by atoms with Gasteiger partial charge >= 0.3 is 5.97 Å². The normalized spacial score (nSPS) is 36.9. The van der Waals surface area contributed by atoms with Crippen molar-refractivity contribution < 1.29 is 19.0 Å². The molecule has 0 aromatic rings. The third-order valence-electron chi connectivity index (χ3n) is 3.91. The van der Waals surface area contributed by atoms with Crippen molar-refractivity contribution in [3.63, 3.8) is 0 Å². The van der Waals surface area contributed by atoms with Crippen LogP contribution >= 0.6 is 0 Å². The summed E-state index contributed by atoms with van der Waals surface area (Å²) in [5.41, 5.74) is 2.06. The van der Waals surface area contributed by atoms with Gasteiger partial charge in [-0.15, -0.1) is 0 Å². The molecule has 96 valence electrons. The molecule has 2 rings (SSSR count). The van der Waals surface area contributed by atoms with Crippen molar-refractivity contribution in [3.05, 3.63) is 11.1 Å². The van der Waals surface area contributed by atoms with Crippen LogP contribution in [0.4, 0.5) is 0 Å². The Kier molecular flexibility index (Phi) is 3.27. The van der Waals surface area contributed by atoms with Crippen LogP contribution in [0.25, 0.3) is 0 Å². The third-order valence-corrected chi connectivity index (χ3v) is 3.91. The van der Waals surface area contributed by atoms with Gasteiger partial charge in [0.25, 0.3) is 0 Å². The Morgan fingerprint density at radius 1 is 1.53 bits per heavy atom. The summed E-state index contributed by atoms with van der Waals surface area (Å²) in [4.78, 5) is 11.2. The minimum Gasteiger partial charge on any atom is -0.459 e. The van der Waals surface area contributed by atoms with E-state index in [0.717, 1.165) is 18.4 Å².